The van der Waals surface area contributed by atoms with Crippen molar-refractivity contribution in [3.8, 4) is 11.5 Å². The van der Waals surface area contributed by atoms with Crippen molar-refractivity contribution in [1.82, 2.24) is 10.2 Å². The van der Waals surface area contributed by atoms with Crippen molar-refractivity contribution in [2.45, 2.75) is 13.5 Å². The highest BCUT2D eigenvalue weighted by Gasteiger charge is 2.07. The van der Waals surface area contributed by atoms with Crippen LogP contribution in [0.3, 0.4) is 0 Å². The average molecular weight is 473 g/mol. The van der Waals surface area contributed by atoms with Crippen molar-refractivity contribution < 1.29 is 14.2 Å². The van der Waals surface area contributed by atoms with Gasteiger partial charge in [0.2, 0.25) is 0 Å². The van der Waals surface area contributed by atoms with E-state index in [-0.39, 0.29) is 41.3 Å². The van der Waals surface area contributed by atoms with Crippen molar-refractivity contribution in [1.29, 1.82) is 0 Å². The largest absolute Gasteiger partial charge is 0.508 e. The van der Waals surface area contributed by atoms with Gasteiger partial charge in [0.25, 0.3) is 0 Å². The first kappa shape index (κ1) is 22.0. The van der Waals surface area contributed by atoms with Crippen LogP contribution in [0, 0.1) is 5.82 Å². The highest BCUT2D eigenvalue weighted by atomic mass is 127. The van der Waals surface area contributed by atoms with Crippen molar-refractivity contribution in [2.24, 2.45) is 4.99 Å². The topological polar surface area (TPSA) is 57.1 Å². The van der Waals surface area contributed by atoms with E-state index < -0.39 is 0 Å². The van der Waals surface area contributed by atoms with Crippen molar-refractivity contribution in [3.05, 3.63) is 59.9 Å². The summed E-state index contributed by atoms with van der Waals surface area (Å²) >= 11 is 0. The summed E-state index contributed by atoms with van der Waals surface area (Å²) in [4.78, 5) is 6.51. The van der Waals surface area contributed by atoms with Gasteiger partial charge in [0.15, 0.2) is 17.5 Å². The van der Waals surface area contributed by atoms with Crippen molar-refractivity contribution in [3.63, 3.8) is 0 Å². The number of nitrogens with zero attached hydrogens (tertiary/aromatic N) is 2. The lowest BCUT2D eigenvalue weighted by Crippen LogP contribution is -2.40. The maximum atomic E-state index is 13.5. The van der Waals surface area contributed by atoms with Gasteiger partial charge < -0.3 is 20.1 Å². The molecule has 7 heteroatoms. The number of rotatable bonds is 7. The molecule has 0 aliphatic heterocycles. The predicted octanol–water partition coefficient (Wildman–Crippen LogP) is 3.63. The van der Waals surface area contributed by atoms with Crippen LogP contribution in [0.15, 0.2) is 53.5 Å². The van der Waals surface area contributed by atoms with Gasteiger partial charge in [0.05, 0.1) is 13.1 Å². The Morgan fingerprint density at radius 1 is 1.19 bits per heavy atom. The Bertz CT molecular complexity index is 695. The standard InChI is InChI=1S/C19H24FN3O2.HI/c1-3-21-19(22-14-15-8-10-16(24)11-9-15)23(2)12-13-25-18-7-5-4-6-17(18)20;/h4-11,24H,3,12-14H2,1-2H3,(H,21,22);1H. The lowest BCUT2D eigenvalue weighted by atomic mass is 10.2. The molecule has 0 aromatic heterocycles. The van der Waals surface area contributed by atoms with Gasteiger partial charge in [-0.1, -0.05) is 24.3 Å². The molecule has 2 aromatic rings. The van der Waals surface area contributed by atoms with E-state index in [1.54, 1.807) is 30.3 Å². The molecule has 0 fully saturated rings. The van der Waals surface area contributed by atoms with E-state index in [1.807, 2.05) is 31.0 Å². The summed E-state index contributed by atoms with van der Waals surface area (Å²) in [6.07, 6.45) is 0. The lowest BCUT2D eigenvalue weighted by Gasteiger charge is -2.22. The molecule has 0 radical (unpaired) electrons. The highest BCUT2D eigenvalue weighted by molar-refractivity contribution is 14.0. The molecule has 0 spiro atoms. The van der Waals surface area contributed by atoms with E-state index in [0.717, 1.165) is 18.1 Å². The van der Waals surface area contributed by atoms with Gasteiger partial charge in [-0.2, -0.15) is 0 Å². The minimum Gasteiger partial charge on any atom is -0.508 e. The summed E-state index contributed by atoms with van der Waals surface area (Å²) in [7, 11) is 1.91. The predicted molar refractivity (Wildman–Crippen MR) is 113 cm³/mol. The fourth-order valence-corrected chi connectivity index (χ4v) is 2.20. The highest BCUT2D eigenvalue weighted by Crippen LogP contribution is 2.15. The van der Waals surface area contributed by atoms with E-state index in [9.17, 15) is 9.50 Å². The molecule has 2 rings (SSSR count). The van der Waals surface area contributed by atoms with E-state index in [4.69, 9.17) is 4.74 Å². The Morgan fingerprint density at radius 2 is 1.88 bits per heavy atom. The molecular formula is C19H25FIN3O2. The number of aromatic hydroxyl groups is 1. The number of ether oxygens (including phenoxy) is 1. The molecule has 0 atom stereocenters. The number of guanidine groups is 1. The molecule has 0 unspecified atom stereocenters. The average Bonchev–Trinajstić information content (AvgIpc) is 2.61. The van der Waals surface area contributed by atoms with Crippen LogP contribution in [0.1, 0.15) is 12.5 Å². The quantitative estimate of drug-likeness (QED) is 0.367. The molecule has 0 amide bonds. The number of nitrogens with one attached hydrogen (secondary N) is 1. The minimum atomic E-state index is -0.363. The van der Waals surface area contributed by atoms with Crippen LogP contribution in [0.25, 0.3) is 0 Å². The number of aliphatic imine (C=N–C) groups is 1. The molecule has 2 aromatic carbocycles. The second kappa shape index (κ2) is 11.6. The summed E-state index contributed by atoms with van der Waals surface area (Å²) in [6, 6.07) is 13.3. The second-order valence-corrected chi connectivity index (χ2v) is 5.54. The Morgan fingerprint density at radius 3 is 2.54 bits per heavy atom. The van der Waals surface area contributed by atoms with Crippen molar-refractivity contribution in [2.75, 3.05) is 26.7 Å². The van der Waals surface area contributed by atoms with Crippen LogP contribution >= 0.6 is 24.0 Å². The second-order valence-electron chi connectivity index (χ2n) is 5.54. The molecule has 5 nitrogen and oxygen atoms in total. The van der Waals surface area contributed by atoms with Crippen LogP contribution in [-0.4, -0.2) is 42.7 Å². The lowest BCUT2D eigenvalue weighted by molar-refractivity contribution is 0.270. The molecule has 0 saturated carbocycles. The Kier molecular flexibility index (Phi) is 9.79. The first-order valence-electron chi connectivity index (χ1n) is 8.25. The third kappa shape index (κ3) is 7.07. The number of hydrogen-bond acceptors (Lipinski definition) is 3. The fourth-order valence-electron chi connectivity index (χ4n) is 2.20. The van der Waals surface area contributed by atoms with E-state index in [0.29, 0.717) is 19.7 Å². The molecule has 2 N–H and O–H groups in total. The summed E-state index contributed by atoms with van der Waals surface area (Å²) in [5.74, 6) is 0.870. The Balaban J connectivity index is 0.00000338. The van der Waals surface area contributed by atoms with Gasteiger partial charge in [-0.05, 0) is 36.8 Å². The van der Waals surface area contributed by atoms with Gasteiger partial charge in [-0.3, -0.25) is 0 Å². The normalized spacial score (nSPS) is 10.8. The first-order valence-corrected chi connectivity index (χ1v) is 8.25. The Hall–Kier alpha value is -2.03. The van der Waals surface area contributed by atoms with Gasteiger partial charge >= 0.3 is 0 Å². The fraction of sp³-hybridized carbons (Fsp3) is 0.316. The molecular weight excluding hydrogens is 448 g/mol. The summed E-state index contributed by atoms with van der Waals surface area (Å²) in [6.45, 7) is 4.16. The van der Waals surface area contributed by atoms with Gasteiger partial charge in [-0.15, -0.1) is 24.0 Å². The van der Waals surface area contributed by atoms with Gasteiger partial charge in [0.1, 0.15) is 12.4 Å². The number of benzene rings is 2. The van der Waals surface area contributed by atoms with Crippen molar-refractivity contribution >= 4 is 29.9 Å². The number of para-hydroxylation sites is 1. The number of halogens is 2. The maximum absolute atomic E-state index is 13.5. The van der Waals surface area contributed by atoms with Crippen LogP contribution in [-0.2, 0) is 6.54 Å². The monoisotopic (exact) mass is 473 g/mol. The summed E-state index contributed by atoms with van der Waals surface area (Å²) in [5.41, 5.74) is 1.00. The molecule has 26 heavy (non-hydrogen) atoms. The van der Waals surface area contributed by atoms with Crippen LogP contribution < -0.4 is 10.1 Å². The third-order valence-electron chi connectivity index (χ3n) is 3.57. The number of phenolic OH excluding ortho intramolecular Hbond substituents is 1. The number of hydrogen-bond donors (Lipinski definition) is 2. The zero-order valence-corrected chi connectivity index (χ0v) is 17.3. The summed E-state index contributed by atoms with van der Waals surface area (Å²) in [5, 5.41) is 12.5. The SMILES string of the molecule is CCNC(=NCc1ccc(O)cc1)N(C)CCOc1ccccc1F.I. The molecule has 142 valence electrons. The Labute approximate surface area is 170 Å². The van der Waals surface area contributed by atoms with Gasteiger partial charge in [0, 0.05) is 13.6 Å². The van der Waals surface area contributed by atoms with Gasteiger partial charge in [-0.25, -0.2) is 9.38 Å². The summed E-state index contributed by atoms with van der Waals surface area (Å²) < 4.78 is 19.0. The zero-order chi connectivity index (χ0) is 18.1. The first-order chi connectivity index (χ1) is 12.1. The third-order valence-corrected chi connectivity index (χ3v) is 3.57. The zero-order valence-electron chi connectivity index (χ0n) is 15.0. The van der Waals surface area contributed by atoms with E-state index >= 15 is 0 Å². The molecule has 0 heterocycles. The van der Waals surface area contributed by atoms with Crippen LogP contribution in [0.4, 0.5) is 4.39 Å². The minimum absolute atomic E-state index is 0. The smallest absolute Gasteiger partial charge is 0.194 e. The van der Waals surface area contributed by atoms with E-state index in [1.165, 1.54) is 6.07 Å². The van der Waals surface area contributed by atoms with E-state index in [2.05, 4.69) is 10.3 Å². The molecule has 0 saturated heterocycles. The molecule has 0 aliphatic carbocycles. The maximum Gasteiger partial charge on any atom is 0.194 e. The number of likely N-dealkylation sites (N-methyl/N-ethyl adjacent to an activating group) is 1. The molecule has 0 aliphatic rings. The number of phenols is 1. The van der Waals surface area contributed by atoms with Crippen LogP contribution in [0.2, 0.25) is 0 Å². The van der Waals surface area contributed by atoms with Crippen LogP contribution in [0.5, 0.6) is 11.5 Å². The molecule has 0 bridgehead atoms.